The first-order valence-corrected chi connectivity index (χ1v) is 8.15. The van der Waals surface area contributed by atoms with Gasteiger partial charge in [-0.2, -0.15) is 5.10 Å². The molecule has 0 heterocycles. The molecule has 25 heavy (non-hydrogen) atoms. The molecule has 2 aromatic rings. The highest BCUT2D eigenvalue weighted by atomic mass is 127. The van der Waals surface area contributed by atoms with E-state index in [4.69, 9.17) is 0 Å². The Balaban J connectivity index is 1.88. The minimum absolute atomic E-state index is 0.118. The minimum Gasteiger partial charge on any atom is -0.343 e. The van der Waals surface area contributed by atoms with Crippen molar-refractivity contribution in [2.24, 2.45) is 5.10 Å². The second-order valence-corrected chi connectivity index (χ2v) is 5.93. The summed E-state index contributed by atoms with van der Waals surface area (Å²) in [5.74, 6) is -0.919. The average Bonchev–Trinajstić information content (AvgIpc) is 2.60. The number of nitro groups is 1. The van der Waals surface area contributed by atoms with Gasteiger partial charge in [0.1, 0.15) is 0 Å². The largest absolute Gasteiger partial charge is 0.343 e. The zero-order valence-corrected chi connectivity index (χ0v) is 15.0. The molecule has 0 spiro atoms. The molecule has 0 fully saturated rings. The standard InChI is InChI=1S/C16H13IN4O4/c17-13-7-3-2-6-12(13)16(23)18-10-15(22)20-19-9-11-5-1-4-8-14(11)21(24)25/h1-9H,10H2,(H,18,23)(H,20,22)/b19-9-. The maximum absolute atomic E-state index is 12.0. The highest BCUT2D eigenvalue weighted by Gasteiger charge is 2.11. The van der Waals surface area contributed by atoms with Crippen molar-refractivity contribution in [3.63, 3.8) is 0 Å². The van der Waals surface area contributed by atoms with Crippen molar-refractivity contribution in [3.8, 4) is 0 Å². The topological polar surface area (TPSA) is 114 Å². The second kappa shape index (κ2) is 8.87. The predicted molar refractivity (Wildman–Crippen MR) is 100 cm³/mol. The molecule has 2 aromatic carbocycles. The molecule has 0 saturated heterocycles. The zero-order chi connectivity index (χ0) is 18.2. The Bertz CT molecular complexity index is 838. The Kier molecular flexibility index (Phi) is 6.57. The summed E-state index contributed by atoms with van der Waals surface area (Å²) in [6.07, 6.45) is 1.18. The number of amides is 2. The fourth-order valence-corrected chi connectivity index (χ4v) is 2.51. The number of nitrogens with one attached hydrogen (secondary N) is 2. The van der Waals surface area contributed by atoms with Gasteiger partial charge in [0.05, 0.1) is 28.8 Å². The molecule has 0 unspecified atom stereocenters. The number of carbonyl (C=O) groups excluding carboxylic acids is 2. The Morgan fingerprint density at radius 2 is 1.84 bits per heavy atom. The number of benzene rings is 2. The Morgan fingerprint density at radius 1 is 1.16 bits per heavy atom. The minimum atomic E-state index is -0.547. The van der Waals surface area contributed by atoms with E-state index in [1.165, 1.54) is 24.4 Å². The van der Waals surface area contributed by atoms with Crippen molar-refractivity contribution in [2.75, 3.05) is 6.54 Å². The molecule has 8 nitrogen and oxygen atoms in total. The number of halogens is 1. The first kappa shape index (κ1) is 18.5. The van der Waals surface area contributed by atoms with E-state index in [1.54, 1.807) is 24.3 Å². The van der Waals surface area contributed by atoms with Gasteiger partial charge in [0.15, 0.2) is 0 Å². The van der Waals surface area contributed by atoms with Crippen molar-refractivity contribution >= 4 is 46.3 Å². The van der Waals surface area contributed by atoms with Gasteiger partial charge in [-0.3, -0.25) is 19.7 Å². The highest BCUT2D eigenvalue weighted by Crippen LogP contribution is 2.15. The molecule has 2 amide bonds. The van der Waals surface area contributed by atoms with E-state index < -0.39 is 10.8 Å². The molecule has 0 aliphatic rings. The van der Waals surface area contributed by atoms with E-state index in [0.717, 1.165) is 3.57 Å². The highest BCUT2D eigenvalue weighted by molar-refractivity contribution is 14.1. The lowest BCUT2D eigenvalue weighted by Gasteiger charge is -2.05. The number of hydrogen-bond acceptors (Lipinski definition) is 5. The van der Waals surface area contributed by atoms with Crippen LogP contribution in [0.5, 0.6) is 0 Å². The van der Waals surface area contributed by atoms with Crippen LogP contribution in [0.3, 0.4) is 0 Å². The third kappa shape index (κ3) is 5.35. The van der Waals surface area contributed by atoms with E-state index >= 15 is 0 Å². The van der Waals surface area contributed by atoms with Crippen LogP contribution in [-0.4, -0.2) is 29.5 Å². The van der Waals surface area contributed by atoms with Gasteiger partial charge in [0, 0.05) is 9.64 Å². The maximum atomic E-state index is 12.0. The molecule has 0 saturated carbocycles. The van der Waals surface area contributed by atoms with Crippen LogP contribution in [0, 0.1) is 13.7 Å². The van der Waals surface area contributed by atoms with Gasteiger partial charge in [0.2, 0.25) is 0 Å². The third-order valence-corrected chi connectivity index (χ3v) is 4.00. The Hall–Kier alpha value is -2.82. The fraction of sp³-hybridized carbons (Fsp3) is 0.0625. The van der Waals surface area contributed by atoms with Crippen LogP contribution in [0.15, 0.2) is 53.6 Å². The van der Waals surface area contributed by atoms with Crippen molar-refractivity contribution in [1.29, 1.82) is 0 Å². The molecular formula is C16H13IN4O4. The Labute approximate surface area is 156 Å². The van der Waals surface area contributed by atoms with Crippen LogP contribution in [-0.2, 0) is 4.79 Å². The average molecular weight is 452 g/mol. The predicted octanol–water partition coefficient (Wildman–Crippen LogP) is 2.08. The molecule has 128 valence electrons. The summed E-state index contributed by atoms with van der Waals surface area (Å²) in [5.41, 5.74) is 2.82. The number of nitrogens with zero attached hydrogens (tertiary/aromatic N) is 2. The summed E-state index contributed by atoms with van der Waals surface area (Å²) in [6, 6.07) is 13.0. The summed E-state index contributed by atoms with van der Waals surface area (Å²) >= 11 is 2.03. The molecule has 0 radical (unpaired) electrons. The summed E-state index contributed by atoms with van der Waals surface area (Å²) < 4.78 is 0.771. The maximum Gasteiger partial charge on any atom is 0.278 e. The summed E-state index contributed by atoms with van der Waals surface area (Å²) in [7, 11) is 0. The van der Waals surface area contributed by atoms with E-state index in [2.05, 4.69) is 15.8 Å². The number of nitro benzene ring substituents is 1. The normalized spacial score (nSPS) is 10.4. The molecule has 2 N–H and O–H groups in total. The molecule has 0 aliphatic carbocycles. The molecular weight excluding hydrogens is 439 g/mol. The summed E-state index contributed by atoms with van der Waals surface area (Å²) in [5, 5.41) is 17.0. The Morgan fingerprint density at radius 3 is 2.56 bits per heavy atom. The first-order chi connectivity index (χ1) is 12.0. The summed E-state index contributed by atoms with van der Waals surface area (Å²) in [6.45, 7) is -0.266. The lowest BCUT2D eigenvalue weighted by Crippen LogP contribution is -2.35. The number of hydrogen-bond donors (Lipinski definition) is 2. The van der Waals surface area contributed by atoms with E-state index in [-0.39, 0.29) is 23.7 Å². The van der Waals surface area contributed by atoms with Gasteiger partial charge in [-0.1, -0.05) is 24.3 Å². The van der Waals surface area contributed by atoms with E-state index in [1.807, 2.05) is 28.7 Å². The van der Waals surface area contributed by atoms with Gasteiger partial charge in [-0.15, -0.1) is 0 Å². The number of carbonyl (C=O) groups is 2. The van der Waals surface area contributed by atoms with Gasteiger partial charge in [-0.05, 0) is 40.8 Å². The number of para-hydroxylation sites is 1. The van der Waals surface area contributed by atoms with Gasteiger partial charge in [0.25, 0.3) is 17.5 Å². The molecule has 0 aromatic heterocycles. The quantitative estimate of drug-likeness (QED) is 0.302. The fourth-order valence-electron chi connectivity index (χ4n) is 1.88. The lowest BCUT2D eigenvalue weighted by molar-refractivity contribution is -0.385. The van der Waals surface area contributed by atoms with Crippen LogP contribution in [0.25, 0.3) is 0 Å². The molecule has 0 bridgehead atoms. The van der Waals surface area contributed by atoms with Crippen LogP contribution in [0.4, 0.5) is 5.69 Å². The van der Waals surface area contributed by atoms with E-state index in [9.17, 15) is 19.7 Å². The molecule has 2 rings (SSSR count). The van der Waals surface area contributed by atoms with Gasteiger partial charge < -0.3 is 5.32 Å². The van der Waals surface area contributed by atoms with Crippen molar-refractivity contribution in [3.05, 3.63) is 73.3 Å². The lowest BCUT2D eigenvalue weighted by atomic mass is 10.2. The van der Waals surface area contributed by atoms with Gasteiger partial charge >= 0.3 is 0 Å². The van der Waals surface area contributed by atoms with Crippen LogP contribution < -0.4 is 10.7 Å². The van der Waals surface area contributed by atoms with E-state index in [0.29, 0.717) is 5.56 Å². The van der Waals surface area contributed by atoms with Crippen molar-refractivity contribution < 1.29 is 14.5 Å². The molecule has 0 aliphatic heterocycles. The molecule has 0 atom stereocenters. The zero-order valence-electron chi connectivity index (χ0n) is 12.8. The van der Waals surface area contributed by atoms with Gasteiger partial charge in [-0.25, -0.2) is 5.43 Å². The van der Waals surface area contributed by atoms with Crippen LogP contribution in [0.1, 0.15) is 15.9 Å². The second-order valence-electron chi connectivity index (χ2n) is 4.77. The molecule has 9 heteroatoms. The number of hydrazone groups is 1. The smallest absolute Gasteiger partial charge is 0.278 e. The monoisotopic (exact) mass is 452 g/mol. The summed E-state index contributed by atoms with van der Waals surface area (Å²) in [4.78, 5) is 34.0. The van der Waals surface area contributed by atoms with Crippen molar-refractivity contribution in [2.45, 2.75) is 0 Å². The van der Waals surface area contributed by atoms with Crippen LogP contribution >= 0.6 is 22.6 Å². The van der Waals surface area contributed by atoms with Crippen LogP contribution in [0.2, 0.25) is 0 Å². The SMILES string of the molecule is O=C(CNC(=O)c1ccccc1I)N/N=C\c1ccccc1[N+](=O)[O-]. The number of rotatable bonds is 6. The first-order valence-electron chi connectivity index (χ1n) is 7.07. The third-order valence-electron chi connectivity index (χ3n) is 3.05. The van der Waals surface area contributed by atoms with Crippen molar-refractivity contribution in [1.82, 2.24) is 10.7 Å².